The zero-order valence-electron chi connectivity index (χ0n) is 10.8. The zero-order chi connectivity index (χ0) is 12.3. The van der Waals surface area contributed by atoms with Gasteiger partial charge in [0.15, 0.2) is 0 Å². The lowest BCUT2D eigenvalue weighted by atomic mass is 9.78. The molecule has 0 amide bonds. The lowest BCUT2D eigenvalue weighted by molar-refractivity contribution is 0.229. The van der Waals surface area contributed by atoms with Gasteiger partial charge in [0, 0.05) is 6.04 Å². The topological polar surface area (TPSA) is 12.0 Å². The van der Waals surface area contributed by atoms with Gasteiger partial charge in [0.25, 0.3) is 0 Å². The summed E-state index contributed by atoms with van der Waals surface area (Å²) in [5, 5.41) is 3.45. The van der Waals surface area contributed by atoms with E-state index < -0.39 is 0 Å². The first-order valence-corrected chi connectivity index (χ1v) is 6.56. The molecule has 1 aliphatic carbocycles. The van der Waals surface area contributed by atoms with Gasteiger partial charge < -0.3 is 5.32 Å². The Morgan fingerprint density at radius 2 is 1.82 bits per heavy atom. The van der Waals surface area contributed by atoms with Gasteiger partial charge in [-0.15, -0.1) is 0 Å². The van der Waals surface area contributed by atoms with E-state index in [1.807, 2.05) is 19.2 Å². The number of nitrogens with one attached hydrogen (secondary N) is 1. The maximum Gasteiger partial charge on any atom is 0.123 e. The minimum Gasteiger partial charge on any atom is -0.316 e. The maximum atomic E-state index is 12.9. The number of likely N-dealkylation sites (N-methyl/N-ethyl adjacent to an activating group) is 1. The molecule has 1 unspecified atom stereocenters. The highest BCUT2D eigenvalue weighted by molar-refractivity contribution is 5.18. The van der Waals surface area contributed by atoms with Gasteiger partial charge in [-0.25, -0.2) is 4.39 Å². The van der Waals surface area contributed by atoms with Crippen LogP contribution in [0.5, 0.6) is 0 Å². The first-order valence-electron chi connectivity index (χ1n) is 6.56. The molecular formula is C15H22FN. The van der Waals surface area contributed by atoms with Gasteiger partial charge in [-0.1, -0.05) is 31.9 Å². The Hall–Kier alpha value is -0.890. The van der Waals surface area contributed by atoms with Gasteiger partial charge in [0.05, 0.1) is 0 Å². The molecule has 0 bridgehead atoms. The highest BCUT2D eigenvalue weighted by atomic mass is 19.1. The first-order chi connectivity index (χ1) is 8.14. The Bertz CT molecular complexity index is 352. The molecule has 17 heavy (non-hydrogen) atoms. The van der Waals surface area contributed by atoms with Crippen LogP contribution in [0.25, 0.3) is 0 Å². The van der Waals surface area contributed by atoms with E-state index in [0.29, 0.717) is 11.5 Å². The Morgan fingerprint density at radius 3 is 2.35 bits per heavy atom. The fraction of sp³-hybridized carbons (Fsp3) is 0.600. The van der Waals surface area contributed by atoms with Gasteiger partial charge in [-0.2, -0.15) is 0 Å². The van der Waals surface area contributed by atoms with Crippen LogP contribution < -0.4 is 5.32 Å². The lowest BCUT2D eigenvalue weighted by Crippen LogP contribution is -2.41. The van der Waals surface area contributed by atoms with Gasteiger partial charge >= 0.3 is 0 Å². The molecule has 1 N–H and O–H groups in total. The van der Waals surface area contributed by atoms with Gasteiger partial charge in [-0.05, 0) is 49.4 Å². The molecule has 1 aliphatic rings. The van der Waals surface area contributed by atoms with E-state index >= 15 is 0 Å². The van der Waals surface area contributed by atoms with Crippen molar-refractivity contribution >= 4 is 0 Å². The molecule has 1 atom stereocenters. The van der Waals surface area contributed by atoms with Crippen LogP contribution >= 0.6 is 0 Å². The Morgan fingerprint density at radius 1 is 1.24 bits per heavy atom. The fourth-order valence-corrected chi connectivity index (χ4v) is 3.08. The smallest absolute Gasteiger partial charge is 0.123 e. The molecule has 0 aromatic heterocycles. The molecule has 0 saturated heterocycles. The number of hydrogen-bond donors (Lipinski definition) is 1. The van der Waals surface area contributed by atoms with Crippen molar-refractivity contribution < 1.29 is 4.39 Å². The molecule has 94 valence electrons. The summed E-state index contributed by atoms with van der Waals surface area (Å²) >= 11 is 0. The average molecular weight is 235 g/mol. The van der Waals surface area contributed by atoms with E-state index in [0.717, 1.165) is 6.42 Å². The number of rotatable bonds is 4. The second kappa shape index (κ2) is 5.18. The standard InChI is InChI=1S/C15H22FN/c1-15(9-3-4-10-15)14(17-2)11-12-5-7-13(16)8-6-12/h5-8,14,17H,3-4,9-11H2,1-2H3. The number of hydrogen-bond acceptors (Lipinski definition) is 1. The van der Waals surface area contributed by atoms with Gasteiger partial charge in [-0.3, -0.25) is 0 Å². The molecular weight excluding hydrogens is 213 g/mol. The van der Waals surface area contributed by atoms with Crippen molar-refractivity contribution in [3.05, 3.63) is 35.6 Å². The Kier molecular flexibility index (Phi) is 3.82. The monoisotopic (exact) mass is 235 g/mol. The second-order valence-corrected chi connectivity index (χ2v) is 5.53. The van der Waals surface area contributed by atoms with Crippen molar-refractivity contribution in [2.24, 2.45) is 5.41 Å². The molecule has 1 aromatic rings. The van der Waals surface area contributed by atoms with Gasteiger partial charge in [0.1, 0.15) is 5.82 Å². The molecule has 0 aliphatic heterocycles. The van der Waals surface area contributed by atoms with Crippen LogP contribution in [0.15, 0.2) is 24.3 Å². The minimum atomic E-state index is -0.151. The Balaban J connectivity index is 2.06. The summed E-state index contributed by atoms with van der Waals surface area (Å²) < 4.78 is 12.9. The third-order valence-electron chi connectivity index (χ3n) is 4.29. The van der Waals surface area contributed by atoms with Crippen molar-refractivity contribution in [2.45, 2.75) is 45.1 Å². The zero-order valence-corrected chi connectivity index (χ0v) is 10.8. The number of benzene rings is 1. The predicted octanol–water partition coefficient (Wildman–Crippen LogP) is 3.54. The van der Waals surface area contributed by atoms with Gasteiger partial charge in [0.2, 0.25) is 0 Å². The quantitative estimate of drug-likeness (QED) is 0.841. The summed E-state index contributed by atoms with van der Waals surface area (Å²) in [7, 11) is 2.04. The SMILES string of the molecule is CNC(Cc1ccc(F)cc1)C1(C)CCCC1. The molecule has 2 heteroatoms. The van der Waals surface area contributed by atoms with E-state index in [-0.39, 0.29) is 5.82 Å². The normalized spacial score (nSPS) is 20.4. The molecule has 1 fully saturated rings. The first kappa shape index (κ1) is 12.6. The van der Waals surface area contributed by atoms with Crippen molar-refractivity contribution in [3.8, 4) is 0 Å². The lowest BCUT2D eigenvalue weighted by Gasteiger charge is -2.34. The summed E-state index contributed by atoms with van der Waals surface area (Å²) in [5.41, 5.74) is 1.63. The van der Waals surface area contributed by atoms with E-state index in [1.165, 1.54) is 31.2 Å². The fourth-order valence-electron chi connectivity index (χ4n) is 3.08. The van der Waals surface area contributed by atoms with Crippen LogP contribution in [0.4, 0.5) is 4.39 Å². The van der Waals surface area contributed by atoms with E-state index in [9.17, 15) is 4.39 Å². The molecule has 1 aromatic carbocycles. The summed E-state index contributed by atoms with van der Waals surface area (Å²) in [4.78, 5) is 0. The average Bonchev–Trinajstić information content (AvgIpc) is 2.76. The molecule has 0 radical (unpaired) electrons. The van der Waals surface area contributed by atoms with Crippen molar-refractivity contribution in [1.29, 1.82) is 0 Å². The van der Waals surface area contributed by atoms with E-state index in [2.05, 4.69) is 12.2 Å². The summed E-state index contributed by atoms with van der Waals surface area (Å²) in [6, 6.07) is 7.41. The van der Waals surface area contributed by atoms with Crippen molar-refractivity contribution in [2.75, 3.05) is 7.05 Å². The van der Waals surface area contributed by atoms with Crippen LogP contribution in [-0.2, 0) is 6.42 Å². The van der Waals surface area contributed by atoms with Crippen LogP contribution in [0, 0.1) is 11.2 Å². The highest BCUT2D eigenvalue weighted by Gasteiger charge is 2.35. The highest BCUT2D eigenvalue weighted by Crippen LogP contribution is 2.41. The molecule has 0 spiro atoms. The maximum absolute atomic E-state index is 12.9. The van der Waals surface area contributed by atoms with Crippen LogP contribution in [0.2, 0.25) is 0 Å². The van der Waals surface area contributed by atoms with E-state index in [1.54, 1.807) is 12.1 Å². The van der Waals surface area contributed by atoms with Crippen molar-refractivity contribution in [3.63, 3.8) is 0 Å². The predicted molar refractivity (Wildman–Crippen MR) is 69.5 cm³/mol. The molecule has 2 rings (SSSR count). The Labute approximate surface area is 103 Å². The summed E-state index contributed by atoms with van der Waals surface area (Å²) in [5.74, 6) is -0.151. The largest absolute Gasteiger partial charge is 0.316 e. The second-order valence-electron chi connectivity index (χ2n) is 5.53. The third-order valence-corrected chi connectivity index (χ3v) is 4.29. The van der Waals surface area contributed by atoms with E-state index in [4.69, 9.17) is 0 Å². The summed E-state index contributed by atoms with van der Waals surface area (Å²) in [6.45, 7) is 2.38. The minimum absolute atomic E-state index is 0.151. The van der Waals surface area contributed by atoms with Crippen molar-refractivity contribution in [1.82, 2.24) is 5.32 Å². The molecule has 0 heterocycles. The molecule has 1 nitrogen and oxygen atoms in total. The summed E-state index contributed by atoms with van der Waals surface area (Å²) in [6.07, 6.45) is 6.29. The number of halogens is 1. The van der Waals surface area contributed by atoms with Crippen LogP contribution in [0.1, 0.15) is 38.2 Å². The van der Waals surface area contributed by atoms with Crippen LogP contribution in [0.3, 0.4) is 0 Å². The third kappa shape index (κ3) is 2.86. The van der Waals surface area contributed by atoms with Crippen LogP contribution in [-0.4, -0.2) is 13.1 Å². The molecule has 1 saturated carbocycles.